The van der Waals surface area contributed by atoms with E-state index in [0.717, 1.165) is 6.07 Å². The van der Waals surface area contributed by atoms with Gasteiger partial charge in [-0.25, -0.2) is 0 Å². The molecule has 0 aliphatic rings. The fourth-order valence-electron chi connectivity index (χ4n) is 2.31. The van der Waals surface area contributed by atoms with Crippen molar-refractivity contribution in [2.75, 3.05) is 0 Å². The van der Waals surface area contributed by atoms with Crippen LogP contribution in [0.15, 0.2) is 65.0 Å². The number of aromatic nitrogens is 2. The van der Waals surface area contributed by atoms with E-state index in [4.69, 9.17) is 39.1 Å². The van der Waals surface area contributed by atoms with Crippen molar-refractivity contribution in [3.05, 3.63) is 86.9 Å². The van der Waals surface area contributed by atoms with Gasteiger partial charge in [-0.05, 0) is 36.4 Å². The molecule has 0 spiro atoms. The summed E-state index contributed by atoms with van der Waals surface area (Å²) < 4.78 is 68.5. The minimum Gasteiger partial charge on any atom is -0.264 e. The zero-order chi connectivity index (χ0) is 22.8. The van der Waals surface area contributed by atoms with Gasteiger partial charge in [0.2, 0.25) is 0 Å². The molecule has 0 unspecified atom stereocenters. The van der Waals surface area contributed by atoms with Gasteiger partial charge in [0.05, 0.1) is 15.6 Å². The molecule has 0 saturated carbocycles. The van der Waals surface area contributed by atoms with Crippen LogP contribution in [-0.4, -0.2) is 24.1 Å². The summed E-state index contributed by atoms with van der Waals surface area (Å²) in [5, 5.41) is 3.16. The van der Waals surface area contributed by atoms with Gasteiger partial charge in [0.1, 0.15) is 16.3 Å². The monoisotopic (exact) mass is 509 g/mol. The van der Waals surface area contributed by atoms with Crippen LogP contribution < -0.4 is 0 Å². The van der Waals surface area contributed by atoms with E-state index in [2.05, 4.69) is 15.1 Å². The number of rotatable bonds is 5. The first-order valence-corrected chi connectivity index (χ1v) is 10.6. The molecule has 2 heterocycles. The van der Waals surface area contributed by atoms with Crippen LogP contribution in [0.2, 0.25) is 15.1 Å². The van der Waals surface area contributed by atoms with Crippen LogP contribution in [0, 0.1) is 0 Å². The predicted octanol–water partition coefficient (Wildman–Crippen LogP) is 5.61. The molecular weight excluding hydrogens is 502 g/mol. The van der Waals surface area contributed by atoms with Gasteiger partial charge in [-0.15, -0.1) is 0 Å². The number of benzene rings is 1. The molecule has 3 aromatic rings. The summed E-state index contributed by atoms with van der Waals surface area (Å²) in [4.78, 5) is 7.15. The summed E-state index contributed by atoms with van der Waals surface area (Å²) in [6.45, 7) is 0. The summed E-state index contributed by atoms with van der Waals surface area (Å²) in [7, 11) is -4.51. The van der Waals surface area contributed by atoms with Crippen LogP contribution >= 0.6 is 34.8 Å². The van der Waals surface area contributed by atoms with Crippen molar-refractivity contribution in [1.82, 2.24) is 9.97 Å². The molecule has 2 aromatic heterocycles. The van der Waals surface area contributed by atoms with Gasteiger partial charge in [-0.1, -0.05) is 40.0 Å². The Hall–Kier alpha value is -2.40. The maximum atomic E-state index is 12.9. The number of alkyl halides is 3. The fraction of sp³-hybridized carbons (Fsp3) is 0.0556. The van der Waals surface area contributed by atoms with Gasteiger partial charge in [-0.2, -0.15) is 21.6 Å². The number of nitrogens with zero attached hydrogens (tertiary/aromatic N) is 3. The molecule has 31 heavy (non-hydrogen) atoms. The van der Waals surface area contributed by atoms with Gasteiger partial charge >= 0.3 is 16.3 Å². The van der Waals surface area contributed by atoms with Crippen LogP contribution in [0.1, 0.15) is 16.8 Å². The second-order valence-electron chi connectivity index (χ2n) is 5.84. The highest BCUT2D eigenvalue weighted by Gasteiger charge is 2.32. The van der Waals surface area contributed by atoms with Crippen LogP contribution in [0.5, 0.6) is 0 Å². The Bertz CT molecular complexity index is 1250. The Morgan fingerprint density at radius 1 is 1.03 bits per heavy atom. The third-order valence-electron chi connectivity index (χ3n) is 3.72. The Balaban J connectivity index is 2.08. The highest BCUT2D eigenvalue weighted by molar-refractivity contribution is 7.86. The van der Waals surface area contributed by atoms with Crippen molar-refractivity contribution in [3.8, 4) is 0 Å². The van der Waals surface area contributed by atoms with E-state index < -0.39 is 31.8 Å². The van der Waals surface area contributed by atoms with Crippen LogP contribution in [0.4, 0.5) is 13.2 Å². The first-order chi connectivity index (χ1) is 14.5. The number of hydrogen-bond acceptors (Lipinski definition) is 6. The average Bonchev–Trinajstić information content (AvgIpc) is 2.69. The highest BCUT2D eigenvalue weighted by atomic mass is 35.5. The summed E-state index contributed by atoms with van der Waals surface area (Å²) in [5.41, 5.74) is -1.41. The lowest BCUT2D eigenvalue weighted by Crippen LogP contribution is -2.13. The molecule has 162 valence electrons. The molecule has 0 radical (unpaired) electrons. The van der Waals surface area contributed by atoms with Crippen molar-refractivity contribution in [1.29, 1.82) is 0 Å². The molecule has 1 aromatic carbocycles. The lowest BCUT2D eigenvalue weighted by molar-refractivity contribution is -0.137. The van der Waals surface area contributed by atoms with E-state index in [9.17, 15) is 21.6 Å². The van der Waals surface area contributed by atoms with Gasteiger partial charge in [0, 0.05) is 29.2 Å². The Labute approximate surface area is 189 Å². The van der Waals surface area contributed by atoms with E-state index in [1.165, 1.54) is 36.7 Å². The molecule has 0 amide bonds. The largest absolute Gasteiger partial charge is 0.417 e. The normalized spacial score (nSPS) is 12.6. The third-order valence-corrected chi connectivity index (χ3v) is 5.83. The zero-order valence-corrected chi connectivity index (χ0v) is 18.0. The summed E-state index contributed by atoms with van der Waals surface area (Å²) in [6.07, 6.45) is -1.43. The number of oxime groups is 1. The summed E-state index contributed by atoms with van der Waals surface area (Å²) in [6, 6.07) is 7.19. The van der Waals surface area contributed by atoms with Crippen LogP contribution in [0.3, 0.4) is 0 Å². The summed E-state index contributed by atoms with van der Waals surface area (Å²) in [5.74, 6) is 0. The lowest BCUT2D eigenvalue weighted by atomic mass is 10.1. The Kier molecular flexibility index (Phi) is 6.75. The van der Waals surface area contributed by atoms with Crippen molar-refractivity contribution in [2.45, 2.75) is 11.1 Å². The average molecular weight is 511 g/mol. The first-order valence-electron chi connectivity index (χ1n) is 8.09. The van der Waals surface area contributed by atoms with E-state index in [1.807, 2.05) is 0 Å². The van der Waals surface area contributed by atoms with Gasteiger partial charge in [-0.3, -0.25) is 14.3 Å². The van der Waals surface area contributed by atoms with Crippen LogP contribution in [-0.2, 0) is 20.6 Å². The maximum Gasteiger partial charge on any atom is 0.417 e. The SMILES string of the molecule is O=S(=O)(O/N=C(\c1cccnc1)c1ncc(C(F)(F)F)cc1Cl)c1ccc(Cl)cc1Cl. The molecule has 0 aliphatic carbocycles. The second kappa shape index (κ2) is 8.99. The molecule has 0 bridgehead atoms. The van der Waals surface area contributed by atoms with Crippen LogP contribution in [0.25, 0.3) is 0 Å². The number of halogens is 6. The molecule has 0 atom stereocenters. The molecule has 0 aliphatic heterocycles. The first kappa shape index (κ1) is 23.3. The number of pyridine rings is 2. The smallest absolute Gasteiger partial charge is 0.264 e. The molecule has 0 fully saturated rings. The topological polar surface area (TPSA) is 81.5 Å². The fourth-order valence-corrected chi connectivity index (χ4v) is 4.04. The minimum absolute atomic E-state index is 0.189. The van der Waals surface area contributed by atoms with E-state index in [-0.39, 0.29) is 27.0 Å². The van der Waals surface area contributed by atoms with Gasteiger partial charge < -0.3 is 0 Å². The minimum atomic E-state index is -4.67. The molecule has 3 rings (SSSR count). The quantitative estimate of drug-likeness (QED) is 0.329. The Morgan fingerprint density at radius 3 is 2.35 bits per heavy atom. The van der Waals surface area contributed by atoms with Crippen molar-refractivity contribution < 1.29 is 25.9 Å². The molecule has 6 nitrogen and oxygen atoms in total. The van der Waals surface area contributed by atoms with Gasteiger partial charge in [0.25, 0.3) is 0 Å². The lowest BCUT2D eigenvalue weighted by Gasteiger charge is -2.11. The zero-order valence-electron chi connectivity index (χ0n) is 14.9. The summed E-state index contributed by atoms with van der Waals surface area (Å²) >= 11 is 17.7. The predicted molar refractivity (Wildman–Crippen MR) is 109 cm³/mol. The molecular formula is C18H9Cl3F3N3O3S. The molecule has 0 N–H and O–H groups in total. The van der Waals surface area contributed by atoms with E-state index >= 15 is 0 Å². The van der Waals surface area contributed by atoms with Crippen molar-refractivity contribution in [2.24, 2.45) is 5.16 Å². The van der Waals surface area contributed by atoms with E-state index in [0.29, 0.717) is 12.3 Å². The second-order valence-corrected chi connectivity index (χ2v) is 8.59. The number of hydrogen-bond donors (Lipinski definition) is 0. The molecule has 0 saturated heterocycles. The highest BCUT2D eigenvalue weighted by Crippen LogP contribution is 2.32. The van der Waals surface area contributed by atoms with Crippen molar-refractivity contribution >= 4 is 50.6 Å². The van der Waals surface area contributed by atoms with Crippen molar-refractivity contribution in [3.63, 3.8) is 0 Å². The Morgan fingerprint density at radius 2 is 1.77 bits per heavy atom. The molecule has 13 heteroatoms. The standard InChI is InChI=1S/C18H9Cl3F3N3O3S/c19-12-3-4-15(13(20)7-12)31(28,29)30-27-16(10-2-1-5-25-8-10)17-14(21)6-11(9-26-17)18(22,23)24/h1-9H/b27-16+. The maximum absolute atomic E-state index is 12.9. The van der Waals surface area contributed by atoms with E-state index in [1.54, 1.807) is 0 Å². The third kappa shape index (κ3) is 5.45. The van der Waals surface area contributed by atoms with Gasteiger partial charge in [0.15, 0.2) is 0 Å².